The Hall–Kier alpha value is -2.50. The molecule has 0 aliphatic rings. The smallest absolute Gasteiger partial charge is 0.261 e. The summed E-state index contributed by atoms with van der Waals surface area (Å²) in [6, 6.07) is 5.12. The molecule has 0 saturated heterocycles. The lowest BCUT2D eigenvalue weighted by molar-refractivity contribution is 0.101. The van der Waals surface area contributed by atoms with E-state index in [4.69, 9.17) is 5.73 Å². The molecule has 4 nitrogen and oxygen atoms in total. The molecule has 0 bridgehead atoms. The molecule has 0 radical (unpaired) electrons. The summed E-state index contributed by atoms with van der Waals surface area (Å²) in [6.07, 6.45) is 1.48. The van der Waals surface area contributed by atoms with Crippen molar-refractivity contribution in [2.45, 2.75) is 6.92 Å². The van der Waals surface area contributed by atoms with Gasteiger partial charge in [0.15, 0.2) is 5.82 Å². The molecular weight excluding hydrogens is 252 g/mol. The number of hydrogen-bond acceptors (Lipinski definition) is 3. The molecular formula is C13H11F2N3O. The molecule has 1 heterocycles. The number of aryl methyl sites for hydroxylation is 1. The van der Waals surface area contributed by atoms with E-state index in [-0.39, 0.29) is 5.69 Å². The number of pyridine rings is 1. The Morgan fingerprint density at radius 2 is 2.05 bits per heavy atom. The lowest BCUT2D eigenvalue weighted by Gasteiger charge is -2.08. The number of carbonyl (C=O) groups is 1. The molecule has 98 valence electrons. The van der Waals surface area contributed by atoms with Crippen LogP contribution in [0, 0.1) is 18.6 Å². The second-order valence-electron chi connectivity index (χ2n) is 3.97. The van der Waals surface area contributed by atoms with Crippen LogP contribution < -0.4 is 11.1 Å². The quantitative estimate of drug-likeness (QED) is 0.818. The molecule has 1 aromatic carbocycles. The Morgan fingerprint density at radius 1 is 1.32 bits per heavy atom. The third-order valence-electron chi connectivity index (χ3n) is 2.50. The average molecular weight is 263 g/mol. The number of nitrogen functional groups attached to an aromatic ring is 1. The topological polar surface area (TPSA) is 68.0 Å². The van der Waals surface area contributed by atoms with Crippen LogP contribution in [-0.2, 0) is 0 Å². The van der Waals surface area contributed by atoms with Gasteiger partial charge in [-0.15, -0.1) is 0 Å². The third-order valence-corrected chi connectivity index (χ3v) is 2.50. The van der Waals surface area contributed by atoms with Gasteiger partial charge in [0.2, 0.25) is 0 Å². The minimum atomic E-state index is -1.07. The van der Waals surface area contributed by atoms with E-state index in [0.717, 1.165) is 12.1 Å². The van der Waals surface area contributed by atoms with Gasteiger partial charge in [-0.3, -0.25) is 9.78 Å². The first-order valence-electron chi connectivity index (χ1n) is 5.46. The molecule has 1 amide bonds. The van der Waals surface area contributed by atoms with Crippen LogP contribution in [0.3, 0.4) is 0 Å². The average Bonchev–Trinajstić information content (AvgIpc) is 2.34. The number of benzene rings is 1. The maximum atomic E-state index is 13.7. The Labute approximate surface area is 108 Å². The highest BCUT2D eigenvalue weighted by Gasteiger charge is 2.19. The van der Waals surface area contributed by atoms with Gasteiger partial charge < -0.3 is 11.1 Å². The monoisotopic (exact) mass is 263 g/mol. The molecule has 3 N–H and O–H groups in total. The van der Waals surface area contributed by atoms with E-state index in [1.54, 1.807) is 13.0 Å². The standard InChI is InChI=1S/C13H11F2N3O/c1-7-6-8(4-5-17-7)18-13(19)11-9(14)2-3-10(16)12(11)15/h2-6H,16H2,1H3,(H,17,18,19). The summed E-state index contributed by atoms with van der Waals surface area (Å²) < 4.78 is 27.2. The van der Waals surface area contributed by atoms with Crippen LogP contribution in [0.4, 0.5) is 20.2 Å². The predicted octanol–water partition coefficient (Wildman–Crippen LogP) is 2.50. The van der Waals surface area contributed by atoms with Crippen molar-refractivity contribution in [3.63, 3.8) is 0 Å². The summed E-state index contributed by atoms with van der Waals surface area (Å²) in [4.78, 5) is 15.8. The Kier molecular flexibility index (Phi) is 3.41. The minimum Gasteiger partial charge on any atom is -0.396 e. The van der Waals surface area contributed by atoms with Crippen LogP contribution in [0.5, 0.6) is 0 Å². The predicted molar refractivity (Wildman–Crippen MR) is 67.7 cm³/mol. The number of aromatic nitrogens is 1. The van der Waals surface area contributed by atoms with Crippen LogP contribution in [0.1, 0.15) is 16.1 Å². The Balaban J connectivity index is 2.33. The van der Waals surface area contributed by atoms with Crippen LogP contribution in [0.15, 0.2) is 30.5 Å². The highest BCUT2D eigenvalue weighted by Crippen LogP contribution is 2.20. The molecule has 2 aromatic rings. The molecule has 0 saturated carbocycles. The number of carbonyl (C=O) groups excluding carboxylic acids is 1. The first-order chi connectivity index (χ1) is 8.99. The van der Waals surface area contributed by atoms with Crippen LogP contribution >= 0.6 is 0 Å². The van der Waals surface area contributed by atoms with Gasteiger partial charge in [-0.05, 0) is 31.2 Å². The normalized spacial score (nSPS) is 10.3. The molecule has 1 aromatic heterocycles. The van der Waals surface area contributed by atoms with Gasteiger partial charge >= 0.3 is 0 Å². The first-order valence-corrected chi connectivity index (χ1v) is 5.46. The molecule has 6 heteroatoms. The first kappa shape index (κ1) is 12.9. The third kappa shape index (κ3) is 2.67. The van der Waals surface area contributed by atoms with E-state index in [1.165, 1.54) is 12.3 Å². The summed E-state index contributed by atoms with van der Waals surface area (Å²) in [7, 11) is 0. The van der Waals surface area contributed by atoms with Crippen LogP contribution in [0.25, 0.3) is 0 Å². The van der Waals surface area contributed by atoms with Gasteiger partial charge in [-0.1, -0.05) is 0 Å². The van der Waals surface area contributed by atoms with E-state index in [2.05, 4.69) is 10.3 Å². The number of halogens is 2. The minimum absolute atomic E-state index is 0.280. The number of nitrogens with one attached hydrogen (secondary N) is 1. The second-order valence-corrected chi connectivity index (χ2v) is 3.97. The van der Waals surface area contributed by atoms with E-state index in [9.17, 15) is 13.6 Å². The van der Waals surface area contributed by atoms with E-state index in [1.807, 2.05) is 0 Å². The van der Waals surface area contributed by atoms with E-state index >= 15 is 0 Å². The highest BCUT2D eigenvalue weighted by atomic mass is 19.1. The zero-order valence-electron chi connectivity index (χ0n) is 10.1. The van der Waals surface area contributed by atoms with Crippen LogP contribution in [0.2, 0.25) is 0 Å². The summed E-state index contributed by atoms with van der Waals surface area (Å²) in [6.45, 7) is 1.73. The Morgan fingerprint density at radius 3 is 2.74 bits per heavy atom. The zero-order chi connectivity index (χ0) is 14.0. The largest absolute Gasteiger partial charge is 0.396 e. The SMILES string of the molecule is Cc1cc(NC(=O)c2c(F)ccc(N)c2F)ccn1. The van der Waals surface area contributed by atoms with Crippen molar-refractivity contribution in [2.24, 2.45) is 0 Å². The fourth-order valence-corrected chi connectivity index (χ4v) is 1.59. The zero-order valence-corrected chi connectivity index (χ0v) is 10.1. The maximum Gasteiger partial charge on any atom is 0.261 e. The van der Waals surface area contributed by atoms with Gasteiger partial charge in [0.25, 0.3) is 5.91 Å². The van der Waals surface area contributed by atoms with Crippen molar-refractivity contribution in [1.29, 1.82) is 0 Å². The molecule has 2 rings (SSSR count). The van der Waals surface area contributed by atoms with Crippen LogP contribution in [-0.4, -0.2) is 10.9 Å². The fourth-order valence-electron chi connectivity index (χ4n) is 1.59. The van der Waals surface area contributed by atoms with Crippen molar-refractivity contribution in [2.75, 3.05) is 11.1 Å². The number of amides is 1. The van der Waals surface area contributed by atoms with E-state index < -0.39 is 23.1 Å². The van der Waals surface area contributed by atoms with Crippen molar-refractivity contribution in [1.82, 2.24) is 4.98 Å². The van der Waals surface area contributed by atoms with Gasteiger partial charge in [-0.25, -0.2) is 8.78 Å². The molecule has 0 spiro atoms. The molecule has 0 aliphatic heterocycles. The van der Waals surface area contributed by atoms with Crippen molar-refractivity contribution in [3.8, 4) is 0 Å². The lowest BCUT2D eigenvalue weighted by atomic mass is 10.1. The summed E-state index contributed by atoms with van der Waals surface area (Å²) in [5, 5.41) is 2.39. The maximum absolute atomic E-state index is 13.7. The summed E-state index contributed by atoms with van der Waals surface area (Å²) in [5.41, 5.74) is 5.41. The second kappa shape index (κ2) is 5.01. The molecule has 0 fully saturated rings. The number of nitrogens with zero attached hydrogens (tertiary/aromatic N) is 1. The summed E-state index contributed by atoms with van der Waals surface area (Å²) >= 11 is 0. The van der Waals surface area contributed by atoms with Crippen molar-refractivity contribution in [3.05, 3.63) is 53.4 Å². The van der Waals surface area contributed by atoms with Crippen molar-refractivity contribution >= 4 is 17.3 Å². The highest BCUT2D eigenvalue weighted by molar-refractivity contribution is 6.05. The molecule has 0 atom stereocenters. The number of hydrogen-bond donors (Lipinski definition) is 2. The molecule has 0 aliphatic carbocycles. The Bertz CT molecular complexity index is 644. The van der Waals surface area contributed by atoms with E-state index in [0.29, 0.717) is 11.4 Å². The molecule has 19 heavy (non-hydrogen) atoms. The van der Waals surface area contributed by atoms with Crippen molar-refractivity contribution < 1.29 is 13.6 Å². The van der Waals surface area contributed by atoms with Gasteiger partial charge in [0.05, 0.1) is 5.69 Å². The van der Waals surface area contributed by atoms with Gasteiger partial charge in [0.1, 0.15) is 11.4 Å². The number of nitrogens with two attached hydrogens (primary N) is 1. The summed E-state index contributed by atoms with van der Waals surface area (Å²) in [5.74, 6) is -2.92. The van der Waals surface area contributed by atoms with Gasteiger partial charge in [-0.2, -0.15) is 0 Å². The lowest BCUT2D eigenvalue weighted by Crippen LogP contribution is -2.17. The fraction of sp³-hybridized carbons (Fsp3) is 0.0769. The molecule has 0 unspecified atom stereocenters. The number of rotatable bonds is 2. The van der Waals surface area contributed by atoms with Gasteiger partial charge in [0, 0.05) is 17.6 Å². The number of anilines is 2.